The van der Waals surface area contributed by atoms with Crippen LogP contribution in [0.1, 0.15) is 19.4 Å². The van der Waals surface area contributed by atoms with Gasteiger partial charge in [0.15, 0.2) is 0 Å². The third-order valence-corrected chi connectivity index (χ3v) is 2.95. The Morgan fingerprint density at radius 1 is 1.33 bits per heavy atom. The lowest BCUT2D eigenvalue weighted by molar-refractivity contribution is 0.218. The number of halogens is 1. The summed E-state index contributed by atoms with van der Waals surface area (Å²) >= 11 is 3.42. The van der Waals surface area contributed by atoms with Gasteiger partial charge in [0.05, 0.1) is 12.6 Å². The summed E-state index contributed by atoms with van der Waals surface area (Å²) in [5, 5.41) is 14.3. The molecule has 0 saturated carbocycles. The van der Waals surface area contributed by atoms with Gasteiger partial charge in [-0.3, -0.25) is 0 Å². The van der Waals surface area contributed by atoms with Crippen LogP contribution in [-0.2, 0) is 6.42 Å². The number of aliphatic hydroxyl groups is 1. The molecule has 1 aromatic rings. The normalized spacial score (nSPS) is 13.8. The van der Waals surface area contributed by atoms with E-state index in [1.54, 1.807) is 6.92 Å². The van der Waals surface area contributed by atoms with Crippen LogP contribution in [-0.4, -0.2) is 29.8 Å². The lowest BCUT2D eigenvalue weighted by atomic mass is 10.1. The molecule has 0 aliphatic heterocycles. The number of benzene rings is 1. The Bertz CT molecular complexity index is 398. The van der Waals surface area contributed by atoms with Crippen LogP contribution < -0.4 is 10.6 Å². The van der Waals surface area contributed by atoms with Gasteiger partial charge in [0.25, 0.3) is 0 Å². The van der Waals surface area contributed by atoms with Gasteiger partial charge in [-0.15, -0.1) is 0 Å². The maximum atomic E-state index is 11.5. The van der Waals surface area contributed by atoms with Crippen molar-refractivity contribution in [1.82, 2.24) is 10.6 Å². The van der Waals surface area contributed by atoms with Crippen LogP contribution >= 0.6 is 15.9 Å². The minimum absolute atomic E-state index is 0.0326. The van der Waals surface area contributed by atoms with E-state index in [0.29, 0.717) is 0 Å². The third kappa shape index (κ3) is 5.51. The Hall–Kier alpha value is -1.07. The summed E-state index contributed by atoms with van der Waals surface area (Å²) in [7, 11) is 0. The maximum absolute atomic E-state index is 11.5. The summed E-state index contributed by atoms with van der Waals surface area (Å²) in [6, 6.07) is 7.55. The molecule has 0 heterocycles. The number of rotatable bonds is 5. The Morgan fingerprint density at radius 2 is 2.00 bits per heavy atom. The van der Waals surface area contributed by atoms with E-state index in [4.69, 9.17) is 5.11 Å². The number of hydrogen-bond donors (Lipinski definition) is 3. The van der Waals surface area contributed by atoms with E-state index in [9.17, 15) is 4.79 Å². The van der Waals surface area contributed by atoms with Crippen LogP contribution in [0.4, 0.5) is 4.79 Å². The molecule has 0 aliphatic rings. The zero-order valence-corrected chi connectivity index (χ0v) is 12.2. The molecule has 2 unspecified atom stereocenters. The van der Waals surface area contributed by atoms with Gasteiger partial charge in [-0.25, -0.2) is 4.79 Å². The summed E-state index contributed by atoms with van der Waals surface area (Å²) in [5.74, 6) is 0. The molecule has 1 rings (SSSR count). The first-order valence-corrected chi connectivity index (χ1v) is 6.73. The summed E-state index contributed by atoms with van der Waals surface area (Å²) in [4.78, 5) is 11.5. The summed E-state index contributed by atoms with van der Waals surface area (Å²) in [6.07, 6.45) is 0.764. The fourth-order valence-corrected chi connectivity index (χ4v) is 2.05. The van der Waals surface area contributed by atoms with Gasteiger partial charge >= 0.3 is 6.03 Å². The molecular weight excluding hydrogens is 296 g/mol. The second-order valence-corrected chi connectivity index (χ2v) is 5.35. The molecule has 1 aromatic carbocycles. The molecule has 0 saturated heterocycles. The van der Waals surface area contributed by atoms with Crippen molar-refractivity contribution in [3.8, 4) is 0 Å². The van der Waals surface area contributed by atoms with Gasteiger partial charge < -0.3 is 15.7 Å². The Labute approximate surface area is 116 Å². The highest BCUT2D eigenvalue weighted by Crippen LogP contribution is 2.12. The fraction of sp³-hybridized carbons (Fsp3) is 0.462. The van der Waals surface area contributed by atoms with Gasteiger partial charge in [-0.05, 0) is 38.0 Å². The minimum atomic E-state index is -0.251. The Morgan fingerprint density at radius 3 is 2.61 bits per heavy atom. The topological polar surface area (TPSA) is 61.4 Å². The van der Waals surface area contributed by atoms with E-state index in [-0.39, 0.29) is 24.7 Å². The molecule has 0 aliphatic carbocycles. The summed E-state index contributed by atoms with van der Waals surface area (Å²) in [5.41, 5.74) is 1.16. The predicted molar refractivity (Wildman–Crippen MR) is 75.5 cm³/mol. The van der Waals surface area contributed by atoms with Crippen LogP contribution in [0.2, 0.25) is 0 Å². The molecule has 0 spiro atoms. The second kappa shape index (κ2) is 7.38. The van der Waals surface area contributed by atoms with Crippen molar-refractivity contribution in [2.75, 3.05) is 6.61 Å². The quantitative estimate of drug-likeness (QED) is 0.779. The van der Waals surface area contributed by atoms with Crippen molar-refractivity contribution in [1.29, 1.82) is 0 Å². The maximum Gasteiger partial charge on any atom is 0.315 e. The number of carbonyl (C=O) groups excluding carboxylic acids is 1. The van der Waals surface area contributed by atoms with Crippen molar-refractivity contribution < 1.29 is 9.90 Å². The molecule has 2 amide bonds. The Balaban J connectivity index is 2.42. The highest BCUT2D eigenvalue weighted by atomic mass is 79.9. The summed E-state index contributed by atoms with van der Waals surface area (Å²) < 4.78 is 1.03. The van der Waals surface area contributed by atoms with Crippen LogP contribution in [0, 0.1) is 0 Å². The van der Waals surface area contributed by atoms with E-state index in [2.05, 4.69) is 26.6 Å². The summed E-state index contributed by atoms with van der Waals surface area (Å²) in [6.45, 7) is 3.64. The number of nitrogens with one attached hydrogen (secondary N) is 2. The van der Waals surface area contributed by atoms with Crippen molar-refractivity contribution in [3.05, 3.63) is 34.3 Å². The van der Waals surface area contributed by atoms with Crippen molar-refractivity contribution in [2.24, 2.45) is 0 Å². The molecule has 18 heavy (non-hydrogen) atoms. The van der Waals surface area contributed by atoms with E-state index in [0.717, 1.165) is 16.5 Å². The largest absolute Gasteiger partial charge is 0.394 e. The van der Waals surface area contributed by atoms with Crippen LogP contribution in [0.15, 0.2) is 28.7 Å². The number of urea groups is 1. The predicted octanol–water partition coefficient (Wildman–Crippen LogP) is 2.06. The minimum Gasteiger partial charge on any atom is -0.394 e. The van der Waals surface area contributed by atoms with Gasteiger partial charge in [-0.1, -0.05) is 28.1 Å². The molecule has 0 radical (unpaired) electrons. The van der Waals surface area contributed by atoms with Gasteiger partial charge in [-0.2, -0.15) is 0 Å². The van der Waals surface area contributed by atoms with Gasteiger partial charge in [0.1, 0.15) is 0 Å². The number of aliphatic hydroxyl groups excluding tert-OH is 1. The molecule has 0 fully saturated rings. The highest BCUT2D eigenvalue weighted by Gasteiger charge is 2.10. The highest BCUT2D eigenvalue weighted by molar-refractivity contribution is 9.10. The third-order valence-electron chi connectivity index (χ3n) is 2.46. The molecular formula is C13H19BrN2O2. The molecule has 3 N–H and O–H groups in total. The average molecular weight is 315 g/mol. The smallest absolute Gasteiger partial charge is 0.315 e. The van der Waals surface area contributed by atoms with Crippen LogP contribution in [0.25, 0.3) is 0 Å². The standard InChI is InChI=1S/C13H19BrN2O2/c1-9(15-13(18)16-10(2)8-17)6-11-4-3-5-12(14)7-11/h3-5,7,9-10,17H,6,8H2,1-2H3,(H2,15,16,18). The molecule has 2 atom stereocenters. The molecule has 5 heteroatoms. The van der Waals surface area contributed by atoms with E-state index in [1.807, 2.05) is 31.2 Å². The van der Waals surface area contributed by atoms with Crippen LogP contribution in [0.3, 0.4) is 0 Å². The fourth-order valence-electron chi connectivity index (χ4n) is 1.60. The molecule has 100 valence electrons. The zero-order valence-electron chi connectivity index (χ0n) is 10.6. The molecule has 0 bridgehead atoms. The number of amides is 2. The van der Waals surface area contributed by atoms with Gasteiger partial charge in [0.2, 0.25) is 0 Å². The zero-order chi connectivity index (χ0) is 13.5. The van der Waals surface area contributed by atoms with E-state index >= 15 is 0 Å². The number of carbonyl (C=O) groups is 1. The SMILES string of the molecule is CC(CO)NC(=O)NC(C)Cc1cccc(Br)c1. The van der Waals surface area contributed by atoms with Crippen LogP contribution in [0.5, 0.6) is 0 Å². The lowest BCUT2D eigenvalue weighted by Gasteiger charge is -2.17. The van der Waals surface area contributed by atoms with E-state index < -0.39 is 0 Å². The van der Waals surface area contributed by atoms with Crippen molar-refractivity contribution in [2.45, 2.75) is 32.4 Å². The Kier molecular flexibility index (Phi) is 6.15. The molecule has 0 aromatic heterocycles. The lowest BCUT2D eigenvalue weighted by Crippen LogP contribution is -2.46. The number of hydrogen-bond acceptors (Lipinski definition) is 2. The van der Waals surface area contributed by atoms with Gasteiger partial charge in [0, 0.05) is 10.5 Å². The first-order chi connectivity index (χ1) is 8.51. The first kappa shape index (κ1) is 15.0. The van der Waals surface area contributed by atoms with Crippen molar-refractivity contribution >= 4 is 22.0 Å². The first-order valence-electron chi connectivity index (χ1n) is 5.93. The monoisotopic (exact) mass is 314 g/mol. The second-order valence-electron chi connectivity index (χ2n) is 4.44. The average Bonchev–Trinajstić information content (AvgIpc) is 2.28. The van der Waals surface area contributed by atoms with E-state index in [1.165, 1.54) is 0 Å². The molecule has 4 nitrogen and oxygen atoms in total. The van der Waals surface area contributed by atoms with Crippen molar-refractivity contribution in [3.63, 3.8) is 0 Å².